The highest BCUT2D eigenvalue weighted by atomic mass is 127. The van der Waals surface area contributed by atoms with E-state index in [2.05, 4.69) is 27.7 Å². The fraction of sp³-hybridized carbons (Fsp3) is 0.200. The molecular formula is C10H10IN3O. The van der Waals surface area contributed by atoms with Gasteiger partial charge in [0.1, 0.15) is 5.82 Å². The summed E-state index contributed by atoms with van der Waals surface area (Å²) in [6, 6.07) is 7.76. The number of benzene rings is 1. The van der Waals surface area contributed by atoms with E-state index in [9.17, 15) is 4.79 Å². The van der Waals surface area contributed by atoms with Gasteiger partial charge in [-0.25, -0.2) is 14.0 Å². The summed E-state index contributed by atoms with van der Waals surface area (Å²) >= 11 is 2.23. The van der Waals surface area contributed by atoms with Crippen molar-refractivity contribution in [1.82, 2.24) is 14.3 Å². The van der Waals surface area contributed by atoms with Gasteiger partial charge in [0.15, 0.2) is 0 Å². The third kappa shape index (κ3) is 1.83. The van der Waals surface area contributed by atoms with Crippen LogP contribution in [0.15, 0.2) is 29.1 Å². The summed E-state index contributed by atoms with van der Waals surface area (Å²) in [4.78, 5) is 11.7. The molecule has 0 unspecified atom stereocenters. The summed E-state index contributed by atoms with van der Waals surface area (Å²) in [5.41, 5.74) is 0.736. The van der Waals surface area contributed by atoms with Crippen molar-refractivity contribution in [1.29, 1.82) is 0 Å². The lowest BCUT2D eigenvalue weighted by Crippen LogP contribution is -2.21. The van der Waals surface area contributed by atoms with Gasteiger partial charge < -0.3 is 0 Å². The van der Waals surface area contributed by atoms with Gasteiger partial charge in [-0.2, -0.15) is 5.10 Å². The van der Waals surface area contributed by atoms with Crippen molar-refractivity contribution in [3.63, 3.8) is 0 Å². The zero-order chi connectivity index (χ0) is 11.0. The minimum Gasteiger partial charge on any atom is -0.247 e. The molecule has 4 nitrogen and oxygen atoms in total. The summed E-state index contributed by atoms with van der Waals surface area (Å²) in [5.74, 6) is 0.698. The van der Waals surface area contributed by atoms with E-state index in [-0.39, 0.29) is 5.69 Å². The quantitative estimate of drug-likeness (QED) is 0.748. The molecule has 0 spiro atoms. The second-order valence-electron chi connectivity index (χ2n) is 3.27. The first-order valence-corrected chi connectivity index (χ1v) is 5.56. The molecule has 78 valence electrons. The lowest BCUT2D eigenvalue weighted by molar-refractivity contribution is 0.723. The van der Waals surface area contributed by atoms with Gasteiger partial charge in [0, 0.05) is 10.6 Å². The lowest BCUT2D eigenvalue weighted by atomic mass is 10.3. The Kier molecular flexibility index (Phi) is 2.64. The van der Waals surface area contributed by atoms with Crippen molar-refractivity contribution >= 4 is 22.6 Å². The topological polar surface area (TPSA) is 39.8 Å². The molecule has 0 saturated heterocycles. The average molecular weight is 315 g/mol. The molecule has 0 bridgehead atoms. The SMILES string of the molecule is Cc1nn(C)c(=O)n1-c1ccc(I)cc1. The fourth-order valence-electron chi connectivity index (χ4n) is 1.48. The molecule has 1 aromatic carbocycles. The highest BCUT2D eigenvalue weighted by molar-refractivity contribution is 14.1. The number of aryl methyl sites for hydroxylation is 2. The normalized spacial score (nSPS) is 10.6. The Morgan fingerprint density at radius 1 is 1.27 bits per heavy atom. The predicted molar refractivity (Wildman–Crippen MR) is 66.3 cm³/mol. The first-order chi connectivity index (χ1) is 7.09. The summed E-state index contributed by atoms with van der Waals surface area (Å²) in [7, 11) is 1.65. The molecule has 1 aromatic heterocycles. The zero-order valence-corrected chi connectivity index (χ0v) is 10.6. The number of aromatic nitrogens is 3. The Morgan fingerprint density at radius 3 is 2.33 bits per heavy atom. The van der Waals surface area contributed by atoms with Crippen molar-refractivity contribution in [3.8, 4) is 5.69 Å². The van der Waals surface area contributed by atoms with Crippen LogP contribution in [0, 0.1) is 10.5 Å². The smallest absolute Gasteiger partial charge is 0.247 e. The number of halogens is 1. The molecule has 0 aliphatic carbocycles. The minimum atomic E-state index is -0.117. The van der Waals surface area contributed by atoms with Gasteiger partial charge in [0.2, 0.25) is 0 Å². The van der Waals surface area contributed by atoms with Crippen LogP contribution >= 0.6 is 22.6 Å². The Labute approximate surface area is 101 Å². The maximum absolute atomic E-state index is 11.7. The molecule has 0 aliphatic rings. The Bertz CT molecular complexity index is 539. The molecular weight excluding hydrogens is 305 g/mol. The van der Waals surface area contributed by atoms with E-state index in [1.54, 1.807) is 11.6 Å². The first kappa shape index (κ1) is 10.4. The first-order valence-electron chi connectivity index (χ1n) is 4.48. The van der Waals surface area contributed by atoms with Crippen LogP contribution in [0.1, 0.15) is 5.82 Å². The van der Waals surface area contributed by atoms with E-state index in [4.69, 9.17) is 0 Å². The van der Waals surface area contributed by atoms with Crippen LogP contribution in [0.25, 0.3) is 5.69 Å². The van der Waals surface area contributed by atoms with Gasteiger partial charge >= 0.3 is 5.69 Å². The molecule has 2 aromatic rings. The van der Waals surface area contributed by atoms with Crippen LogP contribution in [0.2, 0.25) is 0 Å². The van der Waals surface area contributed by atoms with Crippen molar-refractivity contribution in [3.05, 3.63) is 44.1 Å². The Morgan fingerprint density at radius 2 is 1.87 bits per heavy atom. The molecule has 2 rings (SSSR count). The average Bonchev–Trinajstić information content (AvgIpc) is 2.44. The van der Waals surface area contributed by atoms with Crippen LogP contribution in [0.5, 0.6) is 0 Å². The summed E-state index contributed by atoms with van der Waals surface area (Å²) in [6.07, 6.45) is 0. The van der Waals surface area contributed by atoms with Crippen molar-refractivity contribution in [2.24, 2.45) is 7.05 Å². The maximum Gasteiger partial charge on any atom is 0.350 e. The molecule has 5 heteroatoms. The van der Waals surface area contributed by atoms with Crippen molar-refractivity contribution in [2.75, 3.05) is 0 Å². The fourth-order valence-corrected chi connectivity index (χ4v) is 1.83. The molecule has 15 heavy (non-hydrogen) atoms. The van der Waals surface area contributed by atoms with E-state index in [1.807, 2.05) is 31.2 Å². The van der Waals surface area contributed by atoms with Gasteiger partial charge in [-0.05, 0) is 53.8 Å². The molecule has 0 aliphatic heterocycles. The van der Waals surface area contributed by atoms with Crippen LogP contribution in [0.4, 0.5) is 0 Å². The third-order valence-electron chi connectivity index (χ3n) is 2.17. The van der Waals surface area contributed by atoms with Crippen LogP contribution in [0.3, 0.4) is 0 Å². The molecule has 1 heterocycles. The number of rotatable bonds is 1. The molecule has 0 atom stereocenters. The summed E-state index contributed by atoms with van der Waals surface area (Å²) < 4.78 is 4.08. The van der Waals surface area contributed by atoms with E-state index >= 15 is 0 Å². The monoisotopic (exact) mass is 315 g/mol. The molecule has 0 fully saturated rings. The second kappa shape index (κ2) is 3.80. The second-order valence-corrected chi connectivity index (χ2v) is 4.51. The van der Waals surface area contributed by atoms with Crippen LogP contribution in [-0.4, -0.2) is 14.3 Å². The Hall–Kier alpha value is -1.11. The molecule has 0 N–H and O–H groups in total. The van der Waals surface area contributed by atoms with Gasteiger partial charge in [0.05, 0.1) is 5.69 Å². The highest BCUT2D eigenvalue weighted by Gasteiger charge is 2.08. The van der Waals surface area contributed by atoms with Gasteiger partial charge in [-0.1, -0.05) is 0 Å². The van der Waals surface area contributed by atoms with E-state index < -0.39 is 0 Å². The lowest BCUT2D eigenvalue weighted by Gasteiger charge is -2.01. The van der Waals surface area contributed by atoms with Gasteiger partial charge in [0.25, 0.3) is 0 Å². The van der Waals surface area contributed by atoms with E-state index in [0.717, 1.165) is 9.26 Å². The van der Waals surface area contributed by atoms with Crippen molar-refractivity contribution < 1.29 is 0 Å². The standard InChI is InChI=1S/C10H10IN3O/c1-7-12-13(2)10(15)14(7)9-5-3-8(11)4-6-9/h3-6H,1-2H3. The molecule has 0 saturated carbocycles. The highest BCUT2D eigenvalue weighted by Crippen LogP contribution is 2.10. The Balaban J connectivity index is 2.64. The van der Waals surface area contributed by atoms with E-state index in [0.29, 0.717) is 5.82 Å². The maximum atomic E-state index is 11.7. The minimum absolute atomic E-state index is 0.117. The summed E-state index contributed by atoms with van der Waals surface area (Å²) in [6.45, 7) is 1.82. The predicted octanol–water partition coefficient (Wildman–Crippen LogP) is 1.48. The van der Waals surface area contributed by atoms with Crippen LogP contribution in [-0.2, 0) is 7.05 Å². The largest absolute Gasteiger partial charge is 0.350 e. The summed E-state index contributed by atoms with van der Waals surface area (Å²) in [5, 5.41) is 4.07. The third-order valence-corrected chi connectivity index (χ3v) is 2.89. The number of hydrogen-bond donors (Lipinski definition) is 0. The zero-order valence-electron chi connectivity index (χ0n) is 8.44. The molecule has 0 radical (unpaired) electrons. The number of nitrogens with zero attached hydrogens (tertiary/aromatic N) is 3. The number of hydrogen-bond acceptors (Lipinski definition) is 2. The van der Waals surface area contributed by atoms with E-state index in [1.165, 1.54) is 4.68 Å². The van der Waals surface area contributed by atoms with Gasteiger partial charge in [-0.15, -0.1) is 0 Å². The van der Waals surface area contributed by atoms with Gasteiger partial charge in [-0.3, -0.25) is 0 Å². The van der Waals surface area contributed by atoms with Crippen LogP contribution < -0.4 is 5.69 Å². The van der Waals surface area contributed by atoms with Crippen molar-refractivity contribution in [2.45, 2.75) is 6.92 Å². The molecule has 0 amide bonds.